The predicted molar refractivity (Wildman–Crippen MR) is 73.5 cm³/mol. The van der Waals surface area contributed by atoms with Gasteiger partial charge in [-0.2, -0.15) is 0 Å². The summed E-state index contributed by atoms with van der Waals surface area (Å²) in [5.41, 5.74) is 1.15. The summed E-state index contributed by atoms with van der Waals surface area (Å²) in [6.45, 7) is 10.5. The molecule has 4 nitrogen and oxygen atoms in total. The fourth-order valence-corrected chi connectivity index (χ4v) is 2.81. The molecule has 0 spiro atoms. The van der Waals surface area contributed by atoms with Gasteiger partial charge < -0.3 is 4.90 Å². The second-order valence-corrected chi connectivity index (χ2v) is 6.18. The number of rotatable bonds is 3. The van der Waals surface area contributed by atoms with Crippen molar-refractivity contribution in [2.24, 2.45) is 5.92 Å². The van der Waals surface area contributed by atoms with Gasteiger partial charge in [0.1, 0.15) is 0 Å². The molecule has 0 unspecified atom stereocenters. The first-order chi connectivity index (χ1) is 8.56. The maximum absolute atomic E-state index is 11.9. The maximum Gasteiger partial charge on any atom is 0.225 e. The molecule has 0 N–H and O–H groups in total. The van der Waals surface area contributed by atoms with Gasteiger partial charge in [0.15, 0.2) is 0 Å². The number of carbonyl (C=O) groups excluding carboxylic acids is 1. The Morgan fingerprint density at radius 3 is 2.56 bits per heavy atom. The van der Waals surface area contributed by atoms with Gasteiger partial charge in [-0.1, -0.05) is 13.8 Å². The van der Waals surface area contributed by atoms with Crippen molar-refractivity contribution in [1.82, 2.24) is 14.8 Å². The lowest BCUT2D eigenvalue weighted by atomic mass is 10.1. The summed E-state index contributed by atoms with van der Waals surface area (Å²) in [6.07, 6.45) is 0. The lowest BCUT2D eigenvalue weighted by molar-refractivity contribution is -0.136. The summed E-state index contributed by atoms with van der Waals surface area (Å²) in [7, 11) is 0. The fraction of sp³-hybridized carbons (Fsp3) is 0.692. The van der Waals surface area contributed by atoms with E-state index in [0.29, 0.717) is 0 Å². The van der Waals surface area contributed by atoms with Gasteiger partial charge in [0, 0.05) is 44.0 Å². The van der Waals surface area contributed by atoms with Gasteiger partial charge in [0.25, 0.3) is 0 Å². The van der Waals surface area contributed by atoms with Gasteiger partial charge in [-0.3, -0.25) is 9.69 Å². The van der Waals surface area contributed by atoms with Crippen molar-refractivity contribution in [1.29, 1.82) is 0 Å². The highest BCUT2D eigenvalue weighted by Gasteiger charge is 2.22. The molecule has 100 valence electrons. The topological polar surface area (TPSA) is 36.4 Å². The zero-order valence-electron chi connectivity index (χ0n) is 11.3. The van der Waals surface area contributed by atoms with Gasteiger partial charge in [-0.15, -0.1) is 11.3 Å². The molecule has 0 aromatic carbocycles. The number of thiazole rings is 1. The Balaban J connectivity index is 1.82. The number of hydrogen-bond acceptors (Lipinski definition) is 4. The van der Waals surface area contributed by atoms with Crippen LogP contribution in [0.25, 0.3) is 0 Å². The van der Waals surface area contributed by atoms with Gasteiger partial charge in [0.05, 0.1) is 10.7 Å². The molecule has 1 aliphatic heterocycles. The molecular formula is C13H21N3OS. The molecule has 1 saturated heterocycles. The number of piperazine rings is 1. The highest BCUT2D eigenvalue weighted by molar-refractivity contribution is 7.09. The Kier molecular flexibility index (Phi) is 4.35. The largest absolute Gasteiger partial charge is 0.340 e. The number of carbonyl (C=O) groups is 1. The van der Waals surface area contributed by atoms with E-state index in [2.05, 4.69) is 15.3 Å². The number of amides is 1. The van der Waals surface area contributed by atoms with Gasteiger partial charge in [0.2, 0.25) is 5.91 Å². The van der Waals surface area contributed by atoms with E-state index in [4.69, 9.17) is 0 Å². The van der Waals surface area contributed by atoms with Crippen LogP contribution in [0.4, 0.5) is 0 Å². The summed E-state index contributed by atoms with van der Waals surface area (Å²) < 4.78 is 0. The van der Waals surface area contributed by atoms with Crippen LogP contribution < -0.4 is 0 Å². The summed E-state index contributed by atoms with van der Waals surface area (Å²) in [4.78, 5) is 20.7. The van der Waals surface area contributed by atoms with Crippen LogP contribution in [0.5, 0.6) is 0 Å². The van der Waals surface area contributed by atoms with Crippen molar-refractivity contribution in [2.75, 3.05) is 26.2 Å². The number of aryl methyl sites for hydroxylation is 1. The van der Waals surface area contributed by atoms with Gasteiger partial charge in [-0.05, 0) is 6.92 Å². The van der Waals surface area contributed by atoms with E-state index in [-0.39, 0.29) is 11.8 Å². The van der Waals surface area contributed by atoms with Crippen LogP contribution >= 0.6 is 11.3 Å². The number of hydrogen-bond donors (Lipinski definition) is 0. The first-order valence-electron chi connectivity index (χ1n) is 6.48. The molecule has 18 heavy (non-hydrogen) atoms. The zero-order chi connectivity index (χ0) is 13.1. The molecule has 1 fully saturated rings. The van der Waals surface area contributed by atoms with Gasteiger partial charge >= 0.3 is 0 Å². The first kappa shape index (κ1) is 13.5. The second-order valence-electron chi connectivity index (χ2n) is 5.11. The molecular weight excluding hydrogens is 246 g/mol. The third-order valence-corrected chi connectivity index (χ3v) is 4.05. The molecule has 5 heteroatoms. The molecule has 0 atom stereocenters. The minimum absolute atomic E-state index is 0.109. The molecule has 0 aliphatic carbocycles. The Labute approximate surface area is 113 Å². The molecule has 0 bridgehead atoms. The average Bonchev–Trinajstić information content (AvgIpc) is 2.75. The zero-order valence-corrected chi connectivity index (χ0v) is 12.2. The van der Waals surface area contributed by atoms with Gasteiger partial charge in [-0.25, -0.2) is 4.98 Å². The molecule has 0 saturated carbocycles. The summed E-state index contributed by atoms with van der Waals surface area (Å²) in [5, 5.41) is 3.25. The number of aromatic nitrogens is 1. The van der Waals surface area contributed by atoms with Crippen LogP contribution in [0.15, 0.2) is 5.38 Å². The monoisotopic (exact) mass is 267 g/mol. The van der Waals surface area contributed by atoms with E-state index in [0.717, 1.165) is 43.4 Å². The number of nitrogens with zero attached hydrogens (tertiary/aromatic N) is 3. The fourth-order valence-electron chi connectivity index (χ4n) is 2.20. The van der Waals surface area contributed by atoms with E-state index >= 15 is 0 Å². The molecule has 2 heterocycles. The van der Waals surface area contributed by atoms with Crippen molar-refractivity contribution in [3.05, 3.63) is 16.1 Å². The normalized spacial score (nSPS) is 17.4. The van der Waals surface area contributed by atoms with Crippen molar-refractivity contribution in [3.8, 4) is 0 Å². The van der Waals surface area contributed by atoms with Crippen LogP contribution in [-0.4, -0.2) is 46.9 Å². The Hall–Kier alpha value is -0.940. The van der Waals surface area contributed by atoms with E-state index in [9.17, 15) is 4.79 Å². The molecule has 2 rings (SSSR count). The summed E-state index contributed by atoms with van der Waals surface area (Å²) in [5.74, 6) is 0.386. The van der Waals surface area contributed by atoms with Crippen LogP contribution in [0, 0.1) is 12.8 Å². The van der Waals surface area contributed by atoms with Crippen molar-refractivity contribution in [3.63, 3.8) is 0 Å². The molecule has 0 radical (unpaired) electrons. The third-order valence-electron chi connectivity index (χ3n) is 3.23. The SMILES string of the molecule is Cc1nc(CN2CCN(C(=O)C(C)C)CC2)cs1. The van der Waals surface area contributed by atoms with Crippen LogP contribution in [-0.2, 0) is 11.3 Å². The van der Waals surface area contributed by atoms with Crippen molar-refractivity contribution >= 4 is 17.2 Å². The van der Waals surface area contributed by atoms with Crippen LogP contribution in [0.1, 0.15) is 24.5 Å². The Bertz CT molecular complexity index is 408. The maximum atomic E-state index is 11.9. The highest BCUT2D eigenvalue weighted by Crippen LogP contribution is 2.13. The average molecular weight is 267 g/mol. The lowest BCUT2D eigenvalue weighted by Gasteiger charge is -2.35. The quantitative estimate of drug-likeness (QED) is 0.837. The van der Waals surface area contributed by atoms with Crippen molar-refractivity contribution in [2.45, 2.75) is 27.3 Å². The molecule has 1 aromatic heterocycles. The van der Waals surface area contributed by atoms with Crippen LogP contribution in [0.3, 0.4) is 0 Å². The predicted octanol–water partition coefficient (Wildman–Crippen LogP) is 1.75. The standard InChI is InChI=1S/C13H21N3OS/c1-10(2)13(17)16-6-4-15(5-7-16)8-12-9-18-11(3)14-12/h9-10H,4-8H2,1-3H3. The highest BCUT2D eigenvalue weighted by atomic mass is 32.1. The summed E-state index contributed by atoms with van der Waals surface area (Å²) >= 11 is 1.70. The van der Waals surface area contributed by atoms with Crippen molar-refractivity contribution < 1.29 is 4.79 Å². The lowest BCUT2D eigenvalue weighted by Crippen LogP contribution is -2.49. The molecule has 1 aromatic rings. The minimum Gasteiger partial charge on any atom is -0.340 e. The smallest absolute Gasteiger partial charge is 0.225 e. The molecule has 1 amide bonds. The van der Waals surface area contributed by atoms with E-state index in [1.807, 2.05) is 25.7 Å². The van der Waals surface area contributed by atoms with E-state index < -0.39 is 0 Å². The third kappa shape index (κ3) is 3.29. The minimum atomic E-state index is 0.109. The first-order valence-corrected chi connectivity index (χ1v) is 7.36. The Morgan fingerprint density at radius 1 is 1.39 bits per heavy atom. The second kappa shape index (κ2) is 5.80. The van der Waals surface area contributed by atoms with Crippen LogP contribution in [0.2, 0.25) is 0 Å². The van der Waals surface area contributed by atoms with E-state index in [1.165, 1.54) is 0 Å². The van der Waals surface area contributed by atoms with E-state index in [1.54, 1.807) is 11.3 Å². The molecule has 1 aliphatic rings. The summed E-state index contributed by atoms with van der Waals surface area (Å²) in [6, 6.07) is 0. The Morgan fingerprint density at radius 2 is 2.06 bits per heavy atom.